The molecule has 0 atom stereocenters. The van der Waals surface area contributed by atoms with Crippen molar-refractivity contribution < 1.29 is 9.47 Å². The van der Waals surface area contributed by atoms with E-state index >= 15 is 0 Å². The number of ether oxygens (including phenoxy) is 2. The molecule has 0 spiro atoms. The fourth-order valence-corrected chi connectivity index (χ4v) is 2.05. The maximum Gasteiger partial charge on any atom is 0.122 e. The van der Waals surface area contributed by atoms with Gasteiger partial charge in [-0.15, -0.1) is 0 Å². The Morgan fingerprint density at radius 2 is 1.65 bits per heavy atom. The molecule has 0 unspecified atom stereocenters. The molecule has 2 aromatic rings. The van der Waals surface area contributed by atoms with Gasteiger partial charge in [0.1, 0.15) is 24.7 Å². The molecule has 0 fully saturated rings. The zero-order valence-electron chi connectivity index (χ0n) is 10.9. The summed E-state index contributed by atoms with van der Waals surface area (Å²) >= 11 is 3.39. The van der Waals surface area contributed by atoms with Crippen LogP contribution in [0.5, 0.6) is 11.5 Å². The molecule has 2 rings (SSSR count). The van der Waals surface area contributed by atoms with Crippen molar-refractivity contribution in [3.63, 3.8) is 0 Å². The summed E-state index contributed by atoms with van der Waals surface area (Å²) in [5.74, 6) is 1.59. The summed E-state index contributed by atoms with van der Waals surface area (Å²) in [5.41, 5.74) is 0.991. The van der Waals surface area contributed by atoms with E-state index in [0.717, 1.165) is 21.5 Å². The standard InChI is InChI=1S/C16H14BrNO2/c17-14-2-1-3-16(12-14)20-11-10-19-15-6-4-13(5-7-15)8-9-18/h1-7,12H,8,10-11H2. The Morgan fingerprint density at radius 1 is 0.950 bits per heavy atom. The lowest BCUT2D eigenvalue weighted by Crippen LogP contribution is -2.08. The summed E-state index contributed by atoms with van der Waals surface area (Å²) in [6, 6.07) is 17.3. The van der Waals surface area contributed by atoms with Gasteiger partial charge in [-0.1, -0.05) is 34.1 Å². The molecule has 0 heterocycles. The van der Waals surface area contributed by atoms with Gasteiger partial charge in [0.2, 0.25) is 0 Å². The van der Waals surface area contributed by atoms with Crippen molar-refractivity contribution in [1.29, 1.82) is 5.26 Å². The summed E-state index contributed by atoms with van der Waals surface area (Å²) in [5, 5.41) is 8.59. The average Bonchev–Trinajstić information content (AvgIpc) is 2.46. The zero-order chi connectivity index (χ0) is 14.2. The minimum atomic E-state index is 0.423. The molecule has 0 saturated carbocycles. The van der Waals surface area contributed by atoms with Crippen LogP contribution in [-0.2, 0) is 6.42 Å². The first-order valence-corrected chi connectivity index (χ1v) is 7.04. The van der Waals surface area contributed by atoms with E-state index in [-0.39, 0.29) is 0 Å². The molecule has 0 aliphatic heterocycles. The fourth-order valence-electron chi connectivity index (χ4n) is 1.67. The summed E-state index contributed by atoms with van der Waals surface area (Å²) in [4.78, 5) is 0. The molecular formula is C16H14BrNO2. The maximum atomic E-state index is 8.59. The van der Waals surface area contributed by atoms with E-state index in [4.69, 9.17) is 14.7 Å². The van der Waals surface area contributed by atoms with Crippen LogP contribution in [0.4, 0.5) is 0 Å². The monoisotopic (exact) mass is 331 g/mol. The van der Waals surface area contributed by atoms with Crippen LogP contribution in [0.25, 0.3) is 0 Å². The third-order valence-corrected chi connectivity index (χ3v) is 3.12. The van der Waals surface area contributed by atoms with E-state index in [1.54, 1.807) is 0 Å². The van der Waals surface area contributed by atoms with Crippen LogP contribution in [0.3, 0.4) is 0 Å². The minimum absolute atomic E-state index is 0.423. The summed E-state index contributed by atoms with van der Waals surface area (Å²) in [6.45, 7) is 0.959. The smallest absolute Gasteiger partial charge is 0.122 e. The number of nitrogens with zero attached hydrogens (tertiary/aromatic N) is 1. The van der Waals surface area contributed by atoms with Gasteiger partial charge in [-0.25, -0.2) is 0 Å². The Balaban J connectivity index is 1.74. The molecule has 0 radical (unpaired) electrons. The number of benzene rings is 2. The Labute approximate surface area is 126 Å². The van der Waals surface area contributed by atoms with E-state index in [1.807, 2.05) is 48.5 Å². The first-order valence-electron chi connectivity index (χ1n) is 6.25. The third-order valence-electron chi connectivity index (χ3n) is 2.62. The van der Waals surface area contributed by atoms with Crippen LogP contribution < -0.4 is 9.47 Å². The molecule has 0 amide bonds. The zero-order valence-corrected chi connectivity index (χ0v) is 12.5. The van der Waals surface area contributed by atoms with Crippen molar-refractivity contribution in [1.82, 2.24) is 0 Å². The van der Waals surface area contributed by atoms with Gasteiger partial charge in [-0.2, -0.15) is 5.26 Å². The SMILES string of the molecule is N#CCc1ccc(OCCOc2cccc(Br)c2)cc1. The van der Waals surface area contributed by atoms with Gasteiger partial charge in [-0.3, -0.25) is 0 Å². The molecule has 0 bridgehead atoms. The average molecular weight is 332 g/mol. The third kappa shape index (κ3) is 4.60. The van der Waals surface area contributed by atoms with Gasteiger partial charge in [0.25, 0.3) is 0 Å². The highest BCUT2D eigenvalue weighted by molar-refractivity contribution is 9.10. The highest BCUT2D eigenvalue weighted by Gasteiger charge is 1.97. The summed E-state index contributed by atoms with van der Waals surface area (Å²) in [6.07, 6.45) is 0.423. The van der Waals surface area contributed by atoms with Crippen LogP contribution in [-0.4, -0.2) is 13.2 Å². The quantitative estimate of drug-likeness (QED) is 0.752. The lowest BCUT2D eigenvalue weighted by Gasteiger charge is -2.08. The second kappa shape index (κ2) is 7.56. The van der Waals surface area contributed by atoms with Crippen molar-refractivity contribution in [2.45, 2.75) is 6.42 Å². The van der Waals surface area contributed by atoms with Crippen LogP contribution in [0.15, 0.2) is 53.0 Å². The van der Waals surface area contributed by atoms with Gasteiger partial charge >= 0.3 is 0 Å². The predicted molar refractivity (Wildman–Crippen MR) is 80.9 cm³/mol. The molecule has 102 valence electrons. The number of nitriles is 1. The van der Waals surface area contributed by atoms with Gasteiger partial charge in [-0.05, 0) is 35.9 Å². The Hall–Kier alpha value is -1.99. The van der Waals surface area contributed by atoms with Gasteiger partial charge < -0.3 is 9.47 Å². The van der Waals surface area contributed by atoms with Crippen molar-refractivity contribution >= 4 is 15.9 Å². The van der Waals surface area contributed by atoms with Crippen LogP contribution in [0.2, 0.25) is 0 Å². The molecular weight excluding hydrogens is 318 g/mol. The van der Waals surface area contributed by atoms with E-state index < -0.39 is 0 Å². The second-order valence-electron chi connectivity index (χ2n) is 4.13. The normalized spacial score (nSPS) is 9.80. The molecule has 4 heteroatoms. The molecule has 0 saturated heterocycles. The van der Waals surface area contributed by atoms with Crippen molar-refractivity contribution in [2.24, 2.45) is 0 Å². The van der Waals surface area contributed by atoms with Crippen LogP contribution in [0.1, 0.15) is 5.56 Å². The summed E-state index contributed by atoms with van der Waals surface area (Å²) in [7, 11) is 0. The number of halogens is 1. The van der Waals surface area contributed by atoms with Gasteiger partial charge in [0.05, 0.1) is 12.5 Å². The van der Waals surface area contributed by atoms with Crippen LogP contribution in [0, 0.1) is 11.3 Å². The lowest BCUT2D eigenvalue weighted by molar-refractivity contribution is 0.217. The van der Waals surface area contributed by atoms with Gasteiger partial charge in [0.15, 0.2) is 0 Å². The molecule has 0 aliphatic carbocycles. The highest BCUT2D eigenvalue weighted by atomic mass is 79.9. The first kappa shape index (κ1) is 14.4. The van der Waals surface area contributed by atoms with Crippen LogP contribution >= 0.6 is 15.9 Å². The summed E-state index contributed by atoms with van der Waals surface area (Å²) < 4.78 is 12.1. The molecule has 0 N–H and O–H groups in total. The topological polar surface area (TPSA) is 42.2 Å². The Morgan fingerprint density at radius 3 is 2.30 bits per heavy atom. The second-order valence-corrected chi connectivity index (χ2v) is 5.05. The highest BCUT2D eigenvalue weighted by Crippen LogP contribution is 2.18. The molecule has 20 heavy (non-hydrogen) atoms. The van der Waals surface area contributed by atoms with Crippen molar-refractivity contribution in [2.75, 3.05) is 13.2 Å². The maximum absolute atomic E-state index is 8.59. The van der Waals surface area contributed by atoms with E-state index in [9.17, 15) is 0 Å². The Bertz CT molecular complexity index is 590. The molecule has 0 aromatic heterocycles. The first-order chi connectivity index (χ1) is 9.78. The Kier molecular flexibility index (Phi) is 5.45. The van der Waals surface area contributed by atoms with E-state index in [0.29, 0.717) is 19.6 Å². The minimum Gasteiger partial charge on any atom is -0.490 e. The molecule has 2 aromatic carbocycles. The largest absolute Gasteiger partial charge is 0.490 e. The van der Waals surface area contributed by atoms with E-state index in [2.05, 4.69) is 22.0 Å². The predicted octanol–water partition coefficient (Wildman–Crippen LogP) is 3.97. The fraction of sp³-hybridized carbons (Fsp3) is 0.188. The molecule has 0 aliphatic rings. The number of rotatable bonds is 6. The van der Waals surface area contributed by atoms with Gasteiger partial charge in [0, 0.05) is 4.47 Å². The number of hydrogen-bond acceptors (Lipinski definition) is 3. The van der Waals surface area contributed by atoms with Crippen molar-refractivity contribution in [3.8, 4) is 17.6 Å². The van der Waals surface area contributed by atoms with E-state index in [1.165, 1.54) is 0 Å². The van der Waals surface area contributed by atoms with Crippen molar-refractivity contribution in [3.05, 3.63) is 58.6 Å². The number of hydrogen-bond donors (Lipinski definition) is 0. The molecule has 3 nitrogen and oxygen atoms in total. The lowest BCUT2D eigenvalue weighted by atomic mass is 10.2.